The van der Waals surface area contributed by atoms with Gasteiger partial charge in [-0.1, -0.05) is 30.3 Å². The number of aliphatic carboxylic acids is 1. The van der Waals surface area contributed by atoms with Crippen molar-refractivity contribution >= 4 is 17.7 Å². The summed E-state index contributed by atoms with van der Waals surface area (Å²) < 4.78 is 86.9. The number of halogens is 6. The summed E-state index contributed by atoms with van der Waals surface area (Å²) in [6.07, 6.45) is -15.1. The summed E-state index contributed by atoms with van der Waals surface area (Å²) in [5, 5.41) is 8.50. The molecule has 0 unspecified atom stereocenters. The Balaban J connectivity index is 2.10. The number of ketones is 1. The highest BCUT2D eigenvalue weighted by molar-refractivity contribution is 6.08. The Bertz CT molecular complexity index is 953. The average molecular weight is 464 g/mol. The molecular weight excluding hydrogens is 450 g/mol. The number of carboxylic acid groups (broad SMARTS) is 1. The van der Waals surface area contributed by atoms with Gasteiger partial charge in [-0.3, -0.25) is 9.59 Å². The summed E-state index contributed by atoms with van der Waals surface area (Å²) in [5.41, 5.74) is -4.65. The van der Waals surface area contributed by atoms with Crippen LogP contribution in [0.15, 0.2) is 54.6 Å². The van der Waals surface area contributed by atoms with Crippen LogP contribution in [0.5, 0.6) is 5.75 Å². The van der Waals surface area contributed by atoms with Crippen molar-refractivity contribution in [3.8, 4) is 5.75 Å². The molecule has 0 spiro atoms. The van der Waals surface area contributed by atoms with Crippen molar-refractivity contribution in [1.29, 1.82) is 0 Å². The number of carboxylic acids is 1. The summed E-state index contributed by atoms with van der Waals surface area (Å²) in [6.45, 7) is -1.38. The Labute approximate surface area is 176 Å². The minimum Gasteiger partial charge on any atom is -0.482 e. The lowest BCUT2D eigenvalue weighted by molar-refractivity contribution is -0.370. The van der Waals surface area contributed by atoms with E-state index < -0.39 is 42.9 Å². The lowest BCUT2D eigenvalue weighted by Gasteiger charge is -2.35. The van der Waals surface area contributed by atoms with Crippen LogP contribution in [0.2, 0.25) is 0 Å². The van der Waals surface area contributed by atoms with Gasteiger partial charge in [-0.15, -0.1) is 0 Å². The lowest BCUT2D eigenvalue weighted by atomic mass is 9.97. The molecule has 0 aliphatic carbocycles. The van der Waals surface area contributed by atoms with Gasteiger partial charge in [-0.25, -0.2) is 4.79 Å². The molecule has 0 saturated carbocycles. The largest absolute Gasteiger partial charge is 0.482 e. The summed E-state index contributed by atoms with van der Waals surface area (Å²) in [5.74, 6) is -5.09. The van der Waals surface area contributed by atoms with Crippen LogP contribution in [0.1, 0.15) is 22.3 Å². The van der Waals surface area contributed by atoms with E-state index in [4.69, 9.17) is 9.84 Å². The smallest absolute Gasteiger partial charge is 0.438 e. The topological polar surface area (TPSA) is 89.9 Å². The van der Waals surface area contributed by atoms with E-state index in [-0.39, 0.29) is 17.1 Å². The number of hydrogen-bond donors (Lipinski definition) is 1. The van der Waals surface area contributed by atoms with Crippen LogP contribution in [0.25, 0.3) is 0 Å². The van der Waals surface area contributed by atoms with Crippen LogP contribution in [-0.2, 0) is 14.3 Å². The molecule has 2 rings (SSSR count). The Morgan fingerprint density at radius 3 is 1.75 bits per heavy atom. The molecule has 2 aromatic rings. The predicted molar refractivity (Wildman–Crippen MR) is 95.0 cm³/mol. The zero-order valence-corrected chi connectivity index (χ0v) is 15.9. The van der Waals surface area contributed by atoms with Crippen LogP contribution < -0.4 is 4.74 Å². The molecule has 0 fully saturated rings. The Kier molecular flexibility index (Phi) is 7.17. The minimum atomic E-state index is -6.25. The lowest BCUT2D eigenvalue weighted by Crippen LogP contribution is -2.61. The number of alkyl halides is 6. The fourth-order valence-electron chi connectivity index (χ4n) is 2.55. The molecule has 0 amide bonds. The number of carbonyl (C=O) groups excluding carboxylic acids is 2. The SMILES string of the molecule is O=C(O)CC(OC(=O)COc1ccc(C(=O)c2ccccc2)cc1)(C(F)(F)F)C(F)(F)F. The number of rotatable bonds is 8. The van der Waals surface area contributed by atoms with Crippen LogP contribution in [0.4, 0.5) is 26.3 Å². The third kappa shape index (κ3) is 5.56. The molecule has 12 heteroatoms. The van der Waals surface area contributed by atoms with Gasteiger partial charge < -0.3 is 14.6 Å². The molecule has 0 atom stereocenters. The highest BCUT2D eigenvalue weighted by Crippen LogP contribution is 2.48. The van der Waals surface area contributed by atoms with E-state index in [1.165, 1.54) is 24.3 Å². The first-order chi connectivity index (χ1) is 14.8. The normalized spacial score (nSPS) is 12.2. The maximum atomic E-state index is 13.1. The molecule has 0 bridgehead atoms. The Morgan fingerprint density at radius 1 is 0.781 bits per heavy atom. The number of carbonyl (C=O) groups is 3. The number of hydrogen-bond acceptors (Lipinski definition) is 5. The van der Waals surface area contributed by atoms with Crippen molar-refractivity contribution in [2.45, 2.75) is 24.4 Å². The molecule has 6 nitrogen and oxygen atoms in total. The van der Waals surface area contributed by atoms with Gasteiger partial charge in [0.15, 0.2) is 12.4 Å². The van der Waals surface area contributed by atoms with E-state index in [1.807, 2.05) is 0 Å². The first kappa shape index (κ1) is 24.7. The second kappa shape index (κ2) is 9.28. The van der Waals surface area contributed by atoms with Crippen LogP contribution in [0.3, 0.4) is 0 Å². The van der Waals surface area contributed by atoms with Gasteiger partial charge >= 0.3 is 29.9 Å². The fraction of sp³-hybridized carbons (Fsp3) is 0.250. The number of esters is 1. The maximum Gasteiger partial charge on any atom is 0.438 e. The van der Waals surface area contributed by atoms with Gasteiger partial charge in [0, 0.05) is 11.1 Å². The summed E-state index contributed by atoms with van der Waals surface area (Å²) >= 11 is 0. The summed E-state index contributed by atoms with van der Waals surface area (Å²) in [7, 11) is 0. The van der Waals surface area contributed by atoms with Gasteiger partial charge in [0.1, 0.15) is 12.2 Å². The first-order valence-corrected chi connectivity index (χ1v) is 8.66. The molecule has 2 aromatic carbocycles. The van der Waals surface area contributed by atoms with Crippen molar-refractivity contribution < 1.29 is 55.3 Å². The third-order valence-electron chi connectivity index (χ3n) is 4.11. The standard InChI is InChI=1S/C20H14F6O6/c21-19(22,23)18(10-15(27)28,20(24,25)26)32-16(29)11-31-14-8-6-13(7-9-14)17(30)12-4-2-1-3-5-12/h1-9H,10-11H2,(H,27,28). The highest BCUT2D eigenvalue weighted by atomic mass is 19.4. The van der Waals surface area contributed by atoms with E-state index in [2.05, 4.69) is 4.74 Å². The molecule has 0 aliphatic rings. The van der Waals surface area contributed by atoms with E-state index in [0.29, 0.717) is 5.56 Å². The van der Waals surface area contributed by atoms with Crippen molar-refractivity contribution in [3.05, 3.63) is 65.7 Å². The first-order valence-electron chi connectivity index (χ1n) is 8.66. The van der Waals surface area contributed by atoms with Crippen LogP contribution >= 0.6 is 0 Å². The molecule has 0 saturated heterocycles. The van der Waals surface area contributed by atoms with E-state index >= 15 is 0 Å². The van der Waals surface area contributed by atoms with Gasteiger partial charge in [-0.05, 0) is 24.3 Å². The zero-order chi connectivity index (χ0) is 24.2. The van der Waals surface area contributed by atoms with Crippen molar-refractivity contribution in [2.75, 3.05) is 6.61 Å². The molecule has 1 N–H and O–H groups in total. The van der Waals surface area contributed by atoms with Gasteiger partial charge in [0.2, 0.25) is 0 Å². The molecule has 0 heterocycles. The van der Waals surface area contributed by atoms with Crippen LogP contribution in [-0.4, -0.2) is 47.4 Å². The second-order valence-electron chi connectivity index (χ2n) is 6.38. The third-order valence-corrected chi connectivity index (χ3v) is 4.11. The summed E-state index contributed by atoms with van der Waals surface area (Å²) in [4.78, 5) is 34.6. The molecule has 32 heavy (non-hydrogen) atoms. The zero-order valence-electron chi connectivity index (χ0n) is 15.9. The molecule has 0 aliphatic heterocycles. The highest BCUT2D eigenvalue weighted by Gasteiger charge is 2.75. The van der Waals surface area contributed by atoms with Crippen molar-refractivity contribution in [1.82, 2.24) is 0 Å². The monoisotopic (exact) mass is 464 g/mol. The molecule has 0 radical (unpaired) electrons. The maximum absolute atomic E-state index is 13.1. The number of benzene rings is 2. The summed E-state index contributed by atoms with van der Waals surface area (Å²) in [6, 6.07) is 13.0. The van der Waals surface area contributed by atoms with Crippen molar-refractivity contribution in [2.24, 2.45) is 0 Å². The Morgan fingerprint density at radius 2 is 1.28 bits per heavy atom. The minimum absolute atomic E-state index is 0.158. The van der Waals surface area contributed by atoms with E-state index in [1.54, 1.807) is 30.3 Å². The predicted octanol–water partition coefficient (Wildman–Crippen LogP) is 4.18. The second-order valence-corrected chi connectivity index (χ2v) is 6.38. The average Bonchev–Trinajstić information content (AvgIpc) is 2.70. The van der Waals surface area contributed by atoms with Gasteiger partial charge in [0.25, 0.3) is 0 Å². The molecular formula is C20H14F6O6. The number of ether oxygens (including phenoxy) is 2. The molecule has 0 aromatic heterocycles. The van der Waals surface area contributed by atoms with Crippen molar-refractivity contribution in [3.63, 3.8) is 0 Å². The van der Waals surface area contributed by atoms with Gasteiger partial charge in [-0.2, -0.15) is 26.3 Å². The van der Waals surface area contributed by atoms with E-state index in [0.717, 1.165) is 0 Å². The van der Waals surface area contributed by atoms with Gasteiger partial charge in [0.05, 0.1) is 0 Å². The fourth-order valence-corrected chi connectivity index (χ4v) is 2.55. The quantitative estimate of drug-likeness (QED) is 0.358. The van der Waals surface area contributed by atoms with Crippen LogP contribution in [0, 0.1) is 0 Å². The Hall–Kier alpha value is -3.57. The van der Waals surface area contributed by atoms with E-state index in [9.17, 15) is 40.7 Å². The molecule has 172 valence electrons.